The molecule has 0 amide bonds. The van der Waals surface area contributed by atoms with Gasteiger partial charge in [-0.1, -0.05) is 0 Å². The first-order valence-corrected chi connectivity index (χ1v) is 13.0. The summed E-state index contributed by atoms with van der Waals surface area (Å²) in [5.74, 6) is 3.03. The molecule has 0 saturated carbocycles. The summed E-state index contributed by atoms with van der Waals surface area (Å²) >= 11 is 0.107. The van der Waals surface area contributed by atoms with Gasteiger partial charge in [0.2, 0.25) is 0 Å². The second-order valence-electron chi connectivity index (χ2n) is 9.22. The van der Waals surface area contributed by atoms with E-state index >= 15 is 0 Å². The number of ether oxygens (including phenoxy) is 3. The predicted octanol–water partition coefficient (Wildman–Crippen LogP) is 2.63. The molecule has 29 heavy (non-hydrogen) atoms. The van der Waals surface area contributed by atoms with Crippen LogP contribution in [0.2, 0.25) is 0 Å². The Balaban J connectivity index is 1.74. The molecule has 2 saturated heterocycles. The van der Waals surface area contributed by atoms with Crippen molar-refractivity contribution in [2.75, 3.05) is 0 Å². The Kier molecular flexibility index (Phi) is 5.62. The third-order valence-electron chi connectivity index (χ3n) is 6.50. The summed E-state index contributed by atoms with van der Waals surface area (Å²) in [6.45, 7) is 14.9. The molecule has 0 aromatic heterocycles. The number of rotatable bonds is 3. The third kappa shape index (κ3) is 4.02. The fourth-order valence-corrected chi connectivity index (χ4v) is 7.89. The summed E-state index contributed by atoms with van der Waals surface area (Å²) in [4.78, 5) is 0. The predicted molar refractivity (Wildman–Crippen MR) is 112 cm³/mol. The van der Waals surface area contributed by atoms with Crippen LogP contribution >= 0.6 is 0 Å². The maximum absolute atomic E-state index is 6.60. The fourth-order valence-electron chi connectivity index (χ4n) is 4.12. The fraction of sp³-hybridized carbons (Fsp3) is 0.520. The molecule has 0 spiro atoms. The number of para-hydroxylation sites is 1. The molecule has 1 aromatic carbocycles. The van der Waals surface area contributed by atoms with Gasteiger partial charge in [0.05, 0.1) is 0 Å². The van der Waals surface area contributed by atoms with Crippen molar-refractivity contribution < 1.29 is 35.4 Å². The number of benzene rings is 1. The zero-order valence-corrected chi connectivity index (χ0v) is 20.2. The minimum atomic E-state index is -0.442. The van der Waals surface area contributed by atoms with E-state index in [4.69, 9.17) is 14.2 Å². The van der Waals surface area contributed by atoms with Crippen LogP contribution in [0.15, 0.2) is 66.2 Å². The molecule has 1 aliphatic carbocycles. The Morgan fingerprint density at radius 1 is 1.07 bits per heavy atom. The van der Waals surface area contributed by atoms with E-state index in [0.717, 1.165) is 27.4 Å². The number of alkyl halides is 2. The maximum atomic E-state index is 6.60. The second kappa shape index (κ2) is 7.77. The molecule has 0 radical (unpaired) electrons. The number of allylic oxidation sites excluding steroid dienone is 2. The molecular formula is C25H32IO3-. The van der Waals surface area contributed by atoms with Crippen LogP contribution < -0.4 is 25.9 Å². The van der Waals surface area contributed by atoms with Crippen LogP contribution in [0.4, 0.5) is 0 Å². The van der Waals surface area contributed by atoms with Crippen molar-refractivity contribution in [2.45, 2.75) is 72.6 Å². The Hall–Kier alpha value is -1.27. The quantitative estimate of drug-likeness (QED) is 0.465. The molecule has 2 fully saturated rings. The molecule has 3 aliphatic rings. The van der Waals surface area contributed by atoms with Gasteiger partial charge in [0.1, 0.15) is 0 Å². The van der Waals surface area contributed by atoms with Crippen molar-refractivity contribution >= 4 is 0 Å². The van der Waals surface area contributed by atoms with Crippen LogP contribution in [-0.4, -0.2) is 25.2 Å². The van der Waals surface area contributed by atoms with E-state index in [1.807, 2.05) is 30.3 Å². The number of halogens is 1. The van der Waals surface area contributed by atoms with Crippen LogP contribution in [0.5, 0.6) is 5.75 Å². The van der Waals surface area contributed by atoms with E-state index in [9.17, 15) is 0 Å². The third-order valence-corrected chi connectivity index (χ3v) is 10.5. The van der Waals surface area contributed by atoms with Crippen molar-refractivity contribution in [1.82, 2.24) is 0 Å². The number of hydrogen-bond donors (Lipinski definition) is 0. The van der Waals surface area contributed by atoms with E-state index in [0.29, 0.717) is 15.6 Å². The molecule has 4 heteroatoms. The summed E-state index contributed by atoms with van der Waals surface area (Å²) in [6.07, 6.45) is 6.76. The van der Waals surface area contributed by atoms with E-state index in [2.05, 4.69) is 53.3 Å². The summed E-state index contributed by atoms with van der Waals surface area (Å²) in [5.41, 5.74) is 0.193. The van der Waals surface area contributed by atoms with Gasteiger partial charge < -0.3 is 0 Å². The average Bonchev–Trinajstić information content (AvgIpc) is 2.66. The van der Waals surface area contributed by atoms with Crippen LogP contribution in [-0.2, 0) is 9.47 Å². The van der Waals surface area contributed by atoms with Crippen molar-refractivity contribution in [2.24, 2.45) is 5.92 Å². The van der Waals surface area contributed by atoms with Crippen molar-refractivity contribution in [1.29, 1.82) is 0 Å². The molecule has 0 bridgehead atoms. The SMILES string of the molecule is C=C1OC(C)(C)C(C)(C)OC1C1=C(Oc2ccccc2)C2CCC(C)[I-][C@@H]2C=C1. The average molecular weight is 507 g/mol. The second-order valence-corrected chi connectivity index (χ2v) is 13.5. The molecule has 1 aromatic rings. The van der Waals surface area contributed by atoms with Crippen molar-refractivity contribution in [3.8, 4) is 5.75 Å². The molecular weight excluding hydrogens is 475 g/mol. The van der Waals surface area contributed by atoms with Gasteiger partial charge in [-0.2, -0.15) is 0 Å². The Bertz CT molecular complexity index is 837. The zero-order chi connectivity index (χ0) is 20.8. The Morgan fingerprint density at radius 3 is 2.52 bits per heavy atom. The molecule has 0 N–H and O–H groups in total. The molecule has 3 nitrogen and oxygen atoms in total. The van der Waals surface area contributed by atoms with Gasteiger partial charge in [-0.3, -0.25) is 0 Å². The molecule has 4 atom stereocenters. The molecule has 158 valence electrons. The van der Waals surface area contributed by atoms with Crippen LogP contribution in [0.25, 0.3) is 0 Å². The van der Waals surface area contributed by atoms with Gasteiger partial charge in [0.15, 0.2) is 0 Å². The topological polar surface area (TPSA) is 27.7 Å². The number of hydrogen-bond acceptors (Lipinski definition) is 3. The first kappa shape index (κ1) is 21.0. The van der Waals surface area contributed by atoms with E-state index in [-0.39, 0.29) is 27.3 Å². The van der Waals surface area contributed by atoms with E-state index in [1.54, 1.807) is 0 Å². The van der Waals surface area contributed by atoms with Crippen molar-refractivity contribution in [3.63, 3.8) is 0 Å². The summed E-state index contributed by atoms with van der Waals surface area (Å²) in [5, 5.41) is 0. The van der Waals surface area contributed by atoms with Gasteiger partial charge in [0, 0.05) is 0 Å². The first-order valence-electron chi connectivity index (χ1n) is 10.5. The van der Waals surface area contributed by atoms with Gasteiger partial charge in [-0.25, -0.2) is 0 Å². The van der Waals surface area contributed by atoms with E-state index < -0.39 is 11.2 Å². The van der Waals surface area contributed by atoms with Gasteiger partial charge in [0.25, 0.3) is 0 Å². The zero-order valence-electron chi connectivity index (χ0n) is 18.1. The van der Waals surface area contributed by atoms with Crippen LogP contribution in [0.3, 0.4) is 0 Å². The van der Waals surface area contributed by atoms with Gasteiger partial charge in [-0.05, 0) is 0 Å². The monoisotopic (exact) mass is 507 g/mol. The van der Waals surface area contributed by atoms with Gasteiger partial charge >= 0.3 is 186 Å². The standard InChI is InChI=1S/C25H32IO3/c1-16-12-13-19-21(26-16)15-14-20(23(19)27-18-10-8-7-9-11-18)22-17(2)28-24(3,4)25(5,6)29-22/h7-11,14-16,19,21-22H,2,12-13H2,1,3-6H3/q-1/t16?,19?,21-,22?/m1/s1. The summed E-state index contributed by atoms with van der Waals surface area (Å²) < 4.78 is 20.9. The molecule has 2 heterocycles. The summed E-state index contributed by atoms with van der Waals surface area (Å²) in [7, 11) is 0. The molecule has 2 aliphatic heterocycles. The first-order chi connectivity index (χ1) is 13.7. The number of fused-ring (bicyclic) bond motifs is 1. The normalized spacial score (nSPS) is 33.3. The molecule has 4 rings (SSSR count). The van der Waals surface area contributed by atoms with Crippen molar-refractivity contribution in [3.05, 3.63) is 66.2 Å². The van der Waals surface area contributed by atoms with E-state index in [1.165, 1.54) is 6.42 Å². The molecule has 3 unspecified atom stereocenters. The van der Waals surface area contributed by atoms with Crippen LogP contribution in [0.1, 0.15) is 47.5 Å². The summed E-state index contributed by atoms with van der Waals surface area (Å²) in [6, 6.07) is 10.1. The minimum absolute atomic E-state index is 0.107. The van der Waals surface area contributed by atoms with Gasteiger partial charge in [-0.15, -0.1) is 0 Å². The Morgan fingerprint density at radius 2 is 1.79 bits per heavy atom. The van der Waals surface area contributed by atoms with Crippen LogP contribution in [0, 0.1) is 5.92 Å². The Labute approximate surface area is 185 Å².